The summed E-state index contributed by atoms with van der Waals surface area (Å²) in [4.78, 5) is 0. The number of nitrogens with one attached hydrogen (secondary N) is 1. The van der Waals surface area contributed by atoms with Gasteiger partial charge in [0, 0.05) is 0 Å². The predicted octanol–water partition coefficient (Wildman–Crippen LogP) is 5.86. The highest BCUT2D eigenvalue weighted by Crippen LogP contribution is 2.49. The molecule has 0 unspecified atom stereocenters. The Balaban J connectivity index is 1.81. The van der Waals surface area contributed by atoms with Gasteiger partial charge in [-0.2, -0.15) is 0 Å². The Morgan fingerprint density at radius 1 is 0.769 bits per heavy atom. The maximum absolute atomic E-state index is 13.2. The molecule has 0 spiro atoms. The van der Waals surface area contributed by atoms with Crippen molar-refractivity contribution in [3.05, 3.63) is 90.5 Å². The molecule has 0 aromatic heterocycles. The zero-order chi connectivity index (χ0) is 18.2. The highest BCUT2D eigenvalue weighted by Gasteiger charge is 2.32. The van der Waals surface area contributed by atoms with Crippen LogP contribution >= 0.6 is 7.82 Å². The number of hydrogen-bond donors (Lipinski definition) is 1. The molecule has 0 radical (unpaired) electrons. The summed E-state index contributed by atoms with van der Waals surface area (Å²) in [7, 11) is -3.97. The smallest absolute Gasteiger partial charge is 0.394 e. The van der Waals surface area contributed by atoms with Gasteiger partial charge in [0.2, 0.25) is 0 Å². The number of phosphoric ester groups is 1. The molecule has 0 aliphatic heterocycles. The third-order valence-corrected chi connectivity index (χ3v) is 4.77. The van der Waals surface area contributed by atoms with Crippen LogP contribution in [0, 0.1) is 0 Å². The number of hydrogen-bond acceptors (Lipinski definition) is 5. The van der Waals surface area contributed by atoms with E-state index in [2.05, 4.69) is 5.48 Å². The molecule has 0 amide bonds. The Kier molecular flexibility index (Phi) is 5.95. The fraction of sp³-hybridized carbons (Fsp3) is 0.100. The van der Waals surface area contributed by atoms with Crippen molar-refractivity contribution < 1.29 is 18.2 Å². The summed E-state index contributed by atoms with van der Waals surface area (Å²) in [6, 6.07) is 25.1. The lowest BCUT2D eigenvalue weighted by Gasteiger charge is -2.20. The standard InChI is InChI=1S/C20H20NO4P/c1-2-17-11-9-10-16-20(17)21-25-26(22,23-18-12-5-3-6-13-18)24-19-14-7-4-8-15-19/h3-16,21H,2H2,1H3. The van der Waals surface area contributed by atoms with Crippen LogP contribution in [-0.4, -0.2) is 0 Å². The Bertz CT molecular complexity index is 826. The number of benzene rings is 3. The normalized spacial score (nSPS) is 11.0. The van der Waals surface area contributed by atoms with E-state index in [9.17, 15) is 4.57 Å². The van der Waals surface area contributed by atoms with E-state index in [1.54, 1.807) is 48.5 Å². The van der Waals surface area contributed by atoms with Gasteiger partial charge in [0.1, 0.15) is 11.5 Å². The average Bonchev–Trinajstić information content (AvgIpc) is 2.68. The van der Waals surface area contributed by atoms with E-state index < -0.39 is 7.82 Å². The van der Waals surface area contributed by atoms with Crippen LogP contribution in [0.15, 0.2) is 84.9 Å². The zero-order valence-electron chi connectivity index (χ0n) is 14.4. The maximum Gasteiger partial charge on any atom is 0.609 e. The van der Waals surface area contributed by atoms with Crippen molar-refractivity contribution in [1.29, 1.82) is 0 Å². The van der Waals surface area contributed by atoms with Crippen LogP contribution in [0.3, 0.4) is 0 Å². The molecule has 0 aliphatic carbocycles. The lowest BCUT2D eigenvalue weighted by Crippen LogP contribution is -2.10. The Morgan fingerprint density at radius 2 is 1.27 bits per heavy atom. The van der Waals surface area contributed by atoms with Crippen molar-refractivity contribution in [2.75, 3.05) is 5.48 Å². The summed E-state index contributed by atoms with van der Waals surface area (Å²) in [6.45, 7) is 2.03. The predicted molar refractivity (Wildman–Crippen MR) is 102 cm³/mol. The molecule has 3 aromatic rings. The van der Waals surface area contributed by atoms with E-state index in [0.717, 1.165) is 12.0 Å². The van der Waals surface area contributed by atoms with Gasteiger partial charge < -0.3 is 9.05 Å². The van der Waals surface area contributed by atoms with Crippen LogP contribution in [0.1, 0.15) is 12.5 Å². The summed E-state index contributed by atoms with van der Waals surface area (Å²) in [5.41, 5.74) is 4.47. The second-order valence-electron chi connectivity index (χ2n) is 5.46. The average molecular weight is 369 g/mol. The molecule has 0 heterocycles. The molecule has 5 nitrogen and oxygen atoms in total. The van der Waals surface area contributed by atoms with Crippen LogP contribution in [-0.2, 0) is 15.6 Å². The van der Waals surface area contributed by atoms with Crippen LogP contribution in [0.4, 0.5) is 5.69 Å². The van der Waals surface area contributed by atoms with Crippen LogP contribution in [0.25, 0.3) is 0 Å². The van der Waals surface area contributed by atoms with E-state index >= 15 is 0 Å². The van der Waals surface area contributed by atoms with Gasteiger partial charge in [-0.1, -0.05) is 61.5 Å². The SMILES string of the molecule is CCc1ccccc1NOP(=O)(Oc1ccccc1)Oc1ccccc1. The molecular weight excluding hydrogens is 349 g/mol. The number of anilines is 1. The lowest BCUT2D eigenvalue weighted by molar-refractivity contribution is 0.247. The first-order chi connectivity index (χ1) is 12.7. The van der Waals surface area contributed by atoms with Gasteiger partial charge in [-0.15, -0.1) is 4.62 Å². The van der Waals surface area contributed by atoms with Crippen molar-refractivity contribution in [2.45, 2.75) is 13.3 Å². The van der Waals surface area contributed by atoms with Crippen molar-refractivity contribution in [3.63, 3.8) is 0 Å². The van der Waals surface area contributed by atoms with E-state index in [0.29, 0.717) is 17.2 Å². The first-order valence-corrected chi connectivity index (χ1v) is 9.76. The number of phosphoric acid groups is 1. The van der Waals surface area contributed by atoms with Crippen molar-refractivity contribution in [1.82, 2.24) is 0 Å². The molecule has 6 heteroatoms. The van der Waals surface area contributed by atoms with Gasteiger partial charge >= 0.3 is 7.82 Å². The third-order valence-electron chi connectivity index (χ3n) is 3.59. The van der Waals surface area contributed by atoms with Gasteiger partial charge in [0.05, 0.1) is 5.69 Å². The Labute approximate surface area is 153 Å². The van der Waals surface area contributed by atoms with Gasteiger partial charge in [0.25, 0.3) is 0 Å². The summed E-state index contributed by atoms with van der Waals surface area (Å²) in [6.07, 6.45) is 0.802. The molecule has 0 saturated carbocycles. The maximum atomic E-state index is 13.2. The topological polar surface area (TPSA) is 56.8 Å². The van der Waals surface area contributed by atoms with Crippen molar-refractivity contribution in [2.24, 2.45) is 0 Å². The molecule has 0 atom stereocenters. The highest BCUT2D eigenvalue weighted by atomic mass is 31.2. The molecule has 0 bridgehead atoms. The fourth-order valence-corrected chi connectivity index (χ4v) is 3.39. The van der Waals surface area contributed by atoms with E-state index in [4.69, 9.17) is 13.7 Å². The lowest BCUT2D eigenvalue weighted by atomic mass is 10.1. The van der Waals surface area contributed by atoms with Crippen LogP contribution in [0.5, 0.6) is 11.5 Å². The fourth-order valence-electron chi connectivity index (χ4n) is 2.31. The van der Waals surface area contributed by atoms with Gasteiger partial charge in [0.15, 0.2) is 0 Å². The molecule has 0 aliphatic rings. The molecule has 3 rings (SSSR count). The molecule has 134 valence electrons. The van der Waals surface area contributed by atoms with Crippen LogP contribution < -0.4 is 14.5 Å². The molecule has 26 heavy (non-hydrogen) atoms. The van der Waals surface area contributed by atoms with E-state index in [-0.39, 0.29) is 0 Å². The Hall–Kier alpha value is -2.75. The molecule has 1 N–H and O–H groups in total. The summed E-state index contributed by atoms with van der Waals surface area (Å²) in [5.74, 6) is 0.773. The molecule has 0 fully saturated rings. The minimum absolute atomic E-state index is 0.386. The first kappa shape index (κ1) is 18.1. The summed E-state index contributed by atoms with van der Waals surface area (Å²) >= 11 is 0. The zero-order valence-corrected chi connectivity index (χ0v) is 15.3. The first-order valence-electron chi connectivity index (χ1n) is 8.30. The minimum atomic E-state index is -3.97. The Morgan fingerprint density at radius 3 is 1.81 bits per heavy atom. The highest BCUT2D eigenvalue weighted by molar-refractivity contribution is 7.49. The number of rotatable bonds is 8. The van der Waals surface area contributed by atoms with Crippen molar-refractivity contribution >= 4 is 13.5 Å². The number of aryl methyl sites for hydroxylation is 1. The third kappa shape index (κ3) is 4.88. The van der Waals surface area contributed by atoms with Gasteiger partial charge in [-0.3, -0.25) is 5.48 Å². The quantitative estimate of drug-likeness (QED) is 0.398. The molecule has 0 saturated heterocycles. The minimum Gasteiger partial charge on any atom is -0.394 e. The van der Waals surface area contributed by atoms with Gasteiger partial charge in [-0.25, -0.2) is 4.57 Å². The van der Waals surface area contributed by atoms with E-state index in [1.165, 1.54) is 0 Å². The molecular formula is C20H20NO4P. The van der Waals surface area contributed by atoms with Crippen molar-refractivity contribution in [3.8, 4) is 11.5 Å². The monoisotopic (exact) mass is 369 g/mol. The number of para-hydroxylation sites is 3. The van der Waals surface area contributed by atoms with Gasteiger partial charge in [-0.05, 0) is 42.3 Å². The largest absolute Gasteiger partial charge is 0.609 e. The molecule has 3 aromatic carbocycles. The van der Waals surface area contributed by atoms with E-state index in [1.807, 2.05) is 43.3 Å². The summed E-state index contributed by atoms with van der Waals surface area (Å²) in [5, 5.41) is 0. The summed E-state index contributed by atoms with van der Waals surface area (Å²) < 4.78 is 29.7. The second kappa shape index (κ2) is 8.56. The second-order valence-corrected chi connectivity index (χ2v) is 6.90. The van der Waals surface area contributed by atoms with Crippen LogP contribution in [0.2, 0.25) is 0 Å².